The van der Waals surface area contributed by atoms with Crippen LogP contribution in [-0.4, -0.2) is 46.0 Å². The number of benzene rings is 3. The number of hydrogen-bond donors (Lipinski definition) is 2. The summed E-state index contributed by atoms with van der Waals surface area (Å²) in [6.07, 6.45) is -4.66. The largest absolute Gasteiger partial charge is 0.416 e. The summed E-state index contributed by atoms with van der Waals surface area (Å²) >= 11 is 5.77. The van der Waals surface area contributed by atoms with E-state index in [-0.39, 0.29) is 18.0 Å². The van der Waals surface area contributed by atoms with Crippen molar-refractivity contribution in [1.29, 1.82) is 0 Å². The summed E-state index contributed by atoms with van der Waals surface area (Å²) in [4.78, 5) is 41.6. The van der Waals surface area contributed by atoms with Gasteiger partial charge in [0.1, 0.15) is 17.7 Å². The van der Waals surface area contributed by atoms with Crippen LogP contribution in [0.15, 0.2) is 78.9 Å². The number of rotatable bonds is 7. The van der Waals surface area contributed by atoms with Gasteiger partial charge in [-0.3, -0.25) is 19.3 Å². The molecule has 12 heteroatoms. The number of para-hydroxylation sites is 2. The highest BCUT2D eigenvalue weighted by atomic mass is 35.5. The monoisotopic (exact) mass is 609 g/mol. The lowest BCUT2D eigenvalue weighted by Crippen LogP contribution is -2.55. The molecule has 1 aromatic heterocycles. The quantitative estimate of drug-likeness (QED) is 0.264. The van der Waals surface area contributed by atoms with Crippen molar-refractivity contribution in [1.82, 2.24) is 15.1 Å². The molecule has 222 valence electrons. The van der Waals surface area contributed by atoms with E-state index in [1.165, 1.54) is 11.0 Å². The number of halogens is 4. The molecule has 43 heavy (non-hydrogen) atoms. The number of likely N-dealkylation sites (N-methyl/N-ethyl adjacent to an activating group) is 1. The smallest absolute Gasteiger partial charge is 0.339 e. The van der Waals surface area contributed by atoms with Gasteiger partial charge in [0, 0.05) is 29.3 Å². The molecule has 0 aliphatic carbocycles. The topological polar surface area (TPSA) is 96.3 Å². The molecule has 2 atom stereocenters. The second-order valence-corrected chi connectivity index (χ2v) is 10.2. The molecule has 0 radical (unpaired) electrons. The zero-order valence-electron chi connectivity index (χ0n) is 23.2. The van der Waals surface area contributed by atoms with E-state index >= 15 is 0 Å². The van der Waals surface area contributed by atoms with E-state index in [4.69, 9.17) is 16.7 Å². The lowest BCUT2D eigenvalue weighted by atomic mass is 9.80. The molecule has 0 saturated carbocycles. The van der Waals surface area contributed by atoms with Crippen LogP contribution < -0.4 is 15.5 Å². The van der Waals surface area contributed by atoms with Crippen LogP contribution in [0.3, 0.4) is 0 Å². The van der Waals surface area contributed by atoms with Crippen LogP contribution in [0, 0.1) is 6.92 Å². The SMILES string of the molecule is CCN1C(=O)[C@@H](NC(=O)c2cccc(C(F)(F)F)c2)[C@@H](c2ccccc2NC(=O)CCl)c2c(C)nn(-c3ccccc3)c21. The van der Waals surface area contributed by atoms with Gasteiger partial charge in [0.05, 0.1) is 16.9 Å². The number of hydrogen-bond acceptors (Lipinski definition) is 4. The Morgan fingerprint density at radius 3 is 2.37 bits per heavy atom. The van der Waals surface area contributed by atoms with Crippen LogP contribution in [-0.2, 0) is 15.8 Å². The Hall–Kier alpha value is -4.64. The number of carbonyl (C=O) groups excluding carboxylic acids is 3. The summed E-state index contributed by atoms with van der Waals surface area (Å²) < 4.78 is 41.9. The molecule has 3 aromatic carbocycles. The van der Waals surface area contributed by atoms with E-state index in [0.717, 1.165) is 18.2 Å². The maximum Gasteiger partial charge on any atom is 0.416 e. The first-order valence-corrected chi connectivity index (χ1v) is 14.0. The zero-order chi connectivity index (χ0) is 30.9. The number of amides is 3. The minimum Gasteiger partial charge on any atom is -0.339 e. The number of aryl methyl sites for hydroxylation is 1. The minimum atomic E-state index is -4.66. The fraction of sp³-hybridized carbons (Fsp3) is 0.226. The number of fused-ring (bicyclic) bond motifs is 1. The second kappa shape index (κ2) is 11.9. The van der Waals surface area contributed by atoms with Crippen molar-refractivity contribution in [2.24, 2.45) is 0 Å². The Labute approximate surface area is 250 Å². The molecule has 1 aliphatic heterocycles. The summed E-state index contributed by atoms with van der Waals surface area (Å²) in [7, 11) is 0. The van der Waals surface area contributed by atoms with Gasteiger partial charge in [-0.2, -0.15) is 18.3 Å². The lowest BCUT2D eigenvalue weighted by Gasteiger charge is -2.39. The van der Waals surface area contributed by atoms with Crippen molar-refractivity contribution in [2.75, 3.05) is 22.6 Å². The van der Waals surface area contributed by atoms with Gasteiger partial charge in [0.2, 0.25) is 5.91 Å². The molecule has 0 spiro atoms. The third-order valence-electron chi connectivity index (χ3n) is 7.26. The average molecular weight is 610 g/mol. The third kappa shape index (κ3) is 5.72. The van der Waals surface area contributed by atoms with Gasteiger partial charge in [0.25, 0.3) is 11.8 Å². The Morgan fingerprint density at radius 1 is 1.00 bits per heavy atom. The average Bonchev–Trinajstić information content (AvgIpc) is 3.34. The number of anilines is 2. The minimum absolute atomic E-state index is 0.219. The molecule has 4 aromatic rings. The van der Waals surface area contributed by atoms with Gasteiger partial charge in [-0.25, -0.2) is 4.68 Å². The van der Waals surface area contributed by atoms with Crippen LogP contribution in [0.4, 0.5) is 24.7 Å². The normalized spacial score (nSPS) is 16.5. The second-order valence-electron chi connectivity index (χ2n) is 9.93. The highest BCUT2D eigenvalue weighted by Gasteiger charge is 2.46. The number of aromatic nitrogens is 2. The standard InChI is InChI=1S/C31H27ClF3N5O3/c1-3-39-29-25(18(2)38-40(29)21-12-5-4-6-13-21)26(22-14-7-8-15-23(22)36-24(41)17-32)27(30(39)43)37-28(42)19-10-9-11-20(16-19)31(33,34)35/h4-16,26-27H,3,17H2,1-2H3,(H,36,41)(H,37,42)/t26-,27-/m0/s1. The summed E-state index contributed by atoms with van der Waals surface area (Å²) in [5.41, 5.74) is 1.50. The highest BCUT2D eigenvalue weighted by molar-refractivity contribution is 6.29. The van der Waals surface area contributed by atoms with Gasteiger partial charge in [-0.15, -0.1) is 11.6 Å². The van der Waals surface area contributed by atoms with Gasteiger partial charge >= 0.3 is 6.18 Å². The van der Waals surface area contributed by atoms with Crippen molar-refractivity contribution < 1.29 is 27.6 Å². The number of alkyl halides is 4. The van der Waals surface area contributed by atoms with E-state index in [1.54, 1.807) is 42.8 Å². The zero-order valence-corrected chi connectivity index (χ0v) is 23.9. The first-order chi connectivity index (χ1) is 20.5. The van der Waals surface area contributed by atoms with Crippen molar-refractivity contribution in [2.45, 2.75) is 32.0 Å². The van der Waals surface area contributed by atoms with Crippen molar-refractivity contribution in [3.8, 4) is 5.69 Å². The first kappa shape index (κ1) is 29.8. The van der Waals surface area contributed by atoms with Crippen LogP contribution in [0.2, 0.25) is 0 Å². The van der Waals surface area contributed by atoms with E-state index in [0.29, 0.717) is 34.0 Å². The third-order valence-corrected chi connectivity index (χ3v) is 7.50. The van der Waals surface area contributed by atoms with Crippen molar-refractivity contribution in [3.63, 3.8) is 0 Å². The van der Waals surface area contributed by atoms with E-state index < -0.39 is 41.4 Å². The number of nitrogens with zero attached hydrogens (tertiary/aromatic N) is 3. The van der Waals surface area contributed by atoms with Gasteiger partial charge < -0.3 is 10.6 Å². The van der Waals surface area contributed by atoms with Crippen LogP contribution in [0.1, 0.15) is 45.6 Å². The van der Waals surface area contributed by atoms with Crippen LogP contribution in [0.25, 0.3) is 5.69 Å². The van der Waals surface area contributed by atoms with Crippen LogP contribution >= 0.6 is 11.6 Å². The summed E-state index contributed by atoms with van der Waals surface area (Å²) in [5, 5.41) is 10.2. The van der Waals surface area contributed by atoms with Gasteiger partial charge in [0.15, 0.2) is 0 Å². The molecule has 2 N–H and O–H groups in total. The van der Waals surface area contributed by atoms with E-state index in [9.17, 15) is 27.6 Å². The predicted octanol–water partition coefficient (Wildman–Crippen LogP) is 5.67. The fourth-order valence-electron chi connectivity index (χ4n) is 5.39. The maximum atomic E-state index is 14.3. The molecule has 0 saturated heterocycles. The van der Waals surface area contributed by atoms with E-state index in [1.807, 2.05) is 30.3 Å². The predicted molar refractivity (Wildman–Crippen MR) is 157 cm³/mol. The molecule has 2 heterocycles. The lowest BCUT2D eigenvalue weighted by molar-refractivity contribution is -0.137. The van der Waals surface area contributed by atoms with Crippen molar-refractivity contribution in [3.05, 3.63) is 107 Å². The van der Waals surface area contributed by atoms with Crippen LogP contribution in [0.5, 0.6) is 0 Å². The number of carbonyl (C=O) groups is 3. The molecule has 0 fully saturated rings. The highest BCUT2D eigenvalue weighted by Crippen LogP contribution is 2.45. The molecule has 5 rings (SSSR count). The molecule has 0 bridgehead atoms. The summed E-state index contributed by atoms with van der Waals surface area (Å²) in [6.45, 7) is 3.78. The fourth-order valence-corrected chi connectivity index (χ4v) is 5.46. The number of nitrogens with one attached hydrogen (secondary N) is 2. The Balaban J connectivity index is 1.70. The van der Waals surface area contributed by atoms with E-state index in [2.05, 4.69) is 10.6 Å². The van der Waals surface area contributed by atoms with Gasteiger partial charge in [-0.1, -0.05) is 42.5 Å². The molecule has 0 unspecified atom stereocenters. The first-order valence-electron chi connectivity index (χ1n) is 13.4. The van der Waals surface area contributed by atoms with Crippen molar-refractivity contribution >= 4 is 40.8 Å². The molecule has 1 aliphatic rings. The van der Waals surface area contributed by atoms with Gasteiger partial charge in [-0.05, 0) is 55.8 Å². The molecule has 8 nitrogen and oxygen atoms in total. The molecule has 3 amide bonds. The summed E-state index contributed by atoms with van der Waals surface area (Å²) in [6, 6.07) is 18.8. The molecular formula is C31H27ClF3N5O3. The maximum absolute atomic E-state index is 14.3. The Morgan fingerprint density at radius 2 is 1.70 bits per heavy atom. The molecular weight excluding hydrogens is 583 g/mol. The Bertz CT molecular complexity index is 1690. The summed E-state index contributed by atoms with van der Waals surface area (Å²) in [5.74, 6) is -2.52. The Kier molecular flexibility index (Phi) is 8.27.